The maximum Gasteiger partial charge on any atom is 0.306 e. The van der Waals surface area contributed by atoms with Crippen molar-refractivity contribution < 1.29 is 42.9 Å². The van der Waals surface area contributed by atoms with Crippen LogP contribution in [-0.2, 0) is 33.3 Å². The highest BCUT2D eigenvalue weighted by Crippen LogP contribution is 2.16. The number of rotatable bonds is 43. The smallest absolute Gasteiger partial charge is 0.306 e. The molecule has 0 radical (unpaired) electrons. The summed E-state index contributed by atoms with van der Waals surface area (Å²) in [6, 6.07) is 0. The van der Waals surface area contributed by atoms with Crippen LogP contribution < -0.4 is 5.11 Å². The van der Waals surface area contributed by atoms with Crippen LogP contribution >= 0.6 is 0 Å². The fourth-order valence-electron chi connectivity index (χ4n) is 6.71. The Bertz CT molecular complexity index is 876. The van der Waals surface area contributed by atoms with E-state index >= 15 is 0 Å². The maximum absolute atomic E-state index is 12.7. The van der Waals surface area contributed by atoms with E-state index in [9.17, 15) is 19.5 Å². The van der Waals surface area contributed by atoms with Gasteiger partial charge in [0, 0.05) is 12.8 Å². The van der Waals surface area contributed by atoms with E-state index in [1.807, 2.05) is 21.1 Å². The van der Waals surface area contributed by atoms with E-state index in [0.717, 1.165) is 38.5 Å². The van der Waals surface area contributed by atoms with Crippen LogP contribution in [0, 0.1) is 0 Å². The van der Waals surface area contributed by atoms with E-state index in [1.54, 1.807) is 0 Å². The highest BCUT2D eigenvalue weighted by atomic mass is 16.7. The lowest BCUT2D eigenvalue weighted by Gasteiger charge is -2.26. The first-order chi connectivity index (χ1) is 26.6. The molecule has 0 heterocycles. The molecule has 0 fully saturated rings. The topological polar surface area (TPSA) is 111 Å². The highest BCUT2D eigenvalue weighted by molar-refractivity contribution is 5.70. The lowest BCUT2D eigenvalue weighted by atomic mass is 10.0. The molecule has 0 N–H and O–H groups in total. The van der Waals surface area contributed by atoms with Gasteiger partial charge in [-0.25, -0.2) is 0 Å². The van der Waals surface area contributed by atoms with Gasteiger partial charge in [-0.05, 0) is 12.8 Å². The number of carbonyl (C=O) groups is 3. The molecular weight excluding hydrogens is 695 g/mol. The molecule has 0 bridgehead atoms. The third-order valence-electron chi connectivity index (χ3n) is 10.4. The van der Waals surface area contributed by atoms with Gasteiger partial charge in [-0.15, -0.1) is 0 Å². The Hall–Kier alpha value is -1.71. The summed E-state index contributed by atoms with van der Waals surface area (Å²) in [7, 11) is 5.92. The lowest BCUT2D eigenvalue weighted by molar-refractivity contribution is -0.870. The molecule has 0 amide bonds. The third kappa shape index (κ3) is 40.3. The minimum atomic E-state index is -1.61. The van der Waals surface area contributed by atoms with E-state index in [1.165, 1.54) is 154 Å². The van der Waals surface area contributed by atoms with Crippen molar-refractivity contribution in [3.8, 4) is 0 Å². The number of hydrogen-bond acceptors (Lipinski definition) is 8. The molecule has 0 aliphatic carbocycles. The van der Waals surface area contributed by atoms with Crippen LogP contribution in [0.1, 0.15) is 219 Å². The second kappa shape index (κ2) is 39.1. The molecule has 9 nitrogen and oxygen atoms in total. The van der Waals surface area contributed by atoms with Crippen LogP contribution in [0.2, 0.25) is 0 Å². The molecule has 2 atom stereocenters. The predicted octanol–water partition coefficient (Wildman–Crippen LogP) is 10.8. The van der Waals surface area contributed by atoms with E-state index in [0.29, 0.717) is 17.4 Å². The average molecular weight is 784 g/mol. The zero-order valence-electron chi connectivity index (χ0n) is 36.8. The number of carboxylic acid groups (broad SMARTS) is 1. The number of quaternary nitrogens is 1. The highest BCUT2D eigenvalue weighted by Gasteiger charge is 2.21. The maximum atomic E-state index is 12.7. The first-order valence-corrected chi connectivity index (χ1v) is 23.2. The first-order valence-electron chi connectivity index (χ1n) is 23.2. The summed E-state index contributed by atoms with van der Waals surface area (Å²) < 4.78 is 22.6. The Balaban J connectivity index is 4.38. The lowest BCUT2D eigenvalue weighted by Crippen LogP contribution is -2.44. The average Bonchev–Trinajstić information content (AvgIpc) is 3.14. The zero-order valence-corrected chi connectivity index (χ0v) is 36.8. The van der Waals surface area contributed by atoms with Crippen molar-refractivity contribution in [1.82, 2.24) is 0 Å². The van der Waals surface area contributed by atoms with Gasteiger partial charge in [-0.1, -0.05) is 194 Å². The van der Waals surface area contributed by atoms with E-state index < -0.39 is 24.3 Å². The molecule has 326 valence electrons. The summed E-state index contributed by atoms with van der Waals surface area (Å²) in [5, 5.41) is 11.7. The van der Waals surface area contributed by atoms with Crippen LogP contribution in [0.15, 0.2) is 0 Å². The van der Waals surface area contributed by atoms with Crippen molar-refractivity contribution in [2.75, 3.05) is 47.5 Å². The molecule has 0 aromatic carbocycles. The number of hydrogen-bond donors (Lipinski definition) is 0. The van der Waals surface area contributed by atoms with E-state index in [-0.39, 0.29) is 32.2 Å². The Labute approximate surface area is 339 Å². The van der Waals surface area contributed by atoms with Crippen molar-refractivity contribution in [2.24, 2.45) is 0 Å². The van der Waals surface area contributed by atoms with Gasteiger partial charge in [0.2, 0.25) is 0 Å². The summed E-state index contributed by atoms with van der Waals surface area (Å²) in [5.74, 6) is -2.26. The van der Waals surface area contributed by atoms with Crippen LogP contribution in [0.4, 0.5) is 0 Å². The van der Waals surface area contributed by atoms with Gasteiger partial charge in [0.05, 0.1) is 40.3 Å². The second-order valence-electron chi connectivity index (χ2n) is 17.1. The Morgan fingerprint density at radius 2 is 0.818 bits per heavy atom. The van der Waals surface area contributed by atoms with Gasteiger partial charge in [0.25, 0.3) is 0 Å². The van der Waals surface area contributed by atoms with Crippen LogP contribution in [0.5, 0.6) is 0 Å². The number of carboxylic acids is 1. The van der Waals surface area contributed by atoms with Crippen molar-refractivity contribution in [3.05, 3.63) is 0 Å². The molecule has 0 spiro atoms. The second-order valence-corrected chi connectivity index (χ2v) is 17.1. The van der Waals surface area contributed by atoms with Gasteiger partial charge in [0.1, 0.15) is 13.2 Å². The largest absolute Gasteiger partial charge is 0.545 e. The zero-order chi connectivity index (χ0) is 40.7. The number of carbonyl (C=O) groups excluding carboxylic acids is 3. The molecule has 55 heavy (non-hydrogen) atoms. The summed E-state index contributed by atoms with van der Waals surface area (Å²) in [6.45, 7) is 4.77. The molecule has 0 rings (SSSR count). The summed E-state index contributed by atoms with van der Waals surface area (Å²) in [6.07, 6.45) is 35.5. The molecular formula is C46H89NO8. The third-order valence-corrected chi connectivity index (χ3v) is 10.4. The number of esters is 2. The number of ether oxygens (including phenoxy) is 4. The molecule has 2 unspecified atom stereocenters. The quantitative estimate of drug-likeness (QED) is 0.0260. The minimum absolute atomic E-state index is 0.153. The van der Waals surface area contributed by atoms with Crippen LogP contribution in [0.3, 0.4) is 0 Å². The summed E-state index contributed by atoms with van der Waals surface area (Å²) >= 11 is 0. The number of likely N-dealkylation sites (N-methyl/N-ethyl adjacent to an activating group) is 1. The number of aliphatic carboxylic acids is 1. The van der Waals surface area contributed by atoms with E-state index in [4.69, 9.17) is 18.9 Å². The predicted molar refractivity (Wildman–Crippen MR) is 224 cm³/mol. The van der Waals surface area contributed by atoms with Crippen molar-refractivity contribution in [2.45, 2.75) is 232 Å². The van der Waals surface area contributed by atoms with E-state index in [2.05, 4.69) is 13.8 Å². The molecule has 0 aromatic rings. The molecule has 9 heteroatoms. The van der Waals surface area contributed by atoms with Crippen molar-refractivity contribution in [3.63, 3.8) is 0 Å². The fourth-order valence-corrected chi connectivity index (χ4v) is 6.71. The Morgan fingerprint density at radius 1 is 0.473 bits per heavy atom. The van der Waals surface area contributed by atoms with Crippen LogP contribution in [-0.4, -0.2) is 82.3 Å². The monoisotopic (exact) mass is 784 g/mol. The summed E-state index contributed by atoms with van der Waals surface area (Å²) in [4.78, 5) is 37.0. The van der Waals surface area contributed by atoms with Gasteiger partial charge >= 0.3 is 11.9 Å². The molecule has 0 aliphatic rings. The number of nitrogens with zero attached hydrogens (tertiary/aromatic N) is 1. The van der Waals surface area contributed by atoms with Crippen LogP contribution in [0.25, 0.3) is 0 Å². The molecule has 0 saturated heterocycles. The van der Waals surface area contributed by atoms with Gasteiger partial charge in [-0.2, -0.15) is 0 Å². The van der Waals surface area contributed by atoms with Crippen molar-refractivity contribution >= 4 is 17.9 Å². The van der Waals surface area contributed by atoms with Gasteiger partial charge < -0.3 is 33.3 Å². The van der Waals surface area contributed by atoms with Gasteiger partial charge in [-0.3, -0.25) is 9.59 Å². The fraction of sp³-hybridized carbons (Fsp3) is 0.935. The first kappa shape index (κ1) is 53.3. The molecule has 0 aromatic heterocycles. The Morgan fingerprint density at radius 3 is 1.16 bits per heavy atom. The SMILES string of the molecule is CCCCCCCCCCCCCCCCCCC(=O)OC(COC(=O)CCCCCCCCCCCCCCCC)COC(OCC[N+](C)(C)C)C(=O)[O-]. The normalized spacial score (nSPS) is 12.8. The van der Waals surface area contributed by atoms with Gasteiger partial charge in [0.15, 0.2) is 12.4 Å². The van der Waals surface area contributed by atoms with Crippen molar-refractivity contribution in [1.29, 1.82) is 0 Å². The standard InChI is InChI=1S/C46H89NO8/c1-6-8-10-12-14-16-18-20-22-23-25-27-29-31-33-35-37-44(49)55-42(41-54-46(45(50)51)52-39-38-47(3,4)5)40-53-43(48)36-34-32-30-28-26-24-21-19-17-15-13-11-9-7-2/h42,46H,6-41H2,1-5H3. The summed E-state index contributed by atoms with van der Waals surface area (Å²) in [5.41, 5.74) is 0. The number of unbranched alkanes of at least 4 members (excludes halogenated alkanes) is 28. The minimum Gasteiger partial charge on any atom is -0.545 e. The molecule has 0 aliphatic heterocycles. The molecule has 0 saturated carbocycles. The Kier molecular flexibility index (Phi) is 37.9.